The third-order valence-electron chi connectivity index (χ3n) is 1.84. The molecule has 6 heteroatoms. The fraction of sp³-hybridized carbons (Fsp3) is 0.111. The van der Waals surface area contributed by atoms with E-state index < -0.39 is 0 Å². The number of halogens is 1. The topological polar surface area (TPSA) is 74.2 Å². The molecule has 0 radical (unpaired) electrons. The highest BCUT2D eigenvalue weighted by Gasteiger charge is 2.11. The van der Waals surface area contributed by atoms with E-state index in [-0.39, 0.29) is 6.01 Å². The van der Waals surface area contributed by atoms with Gasteiger partial charge in [-0.15, -0.1) is 5.10 Å². The molecule has 0 aliphatic carbocycles. The number of methoxy groups -OCH3 is 1. The highest BCUT2D eigenvalue weighted by molar-refractivity contribution is 9.10. The number of nitrogens with two attached hydrogens (primary N) is 1. The van der Waals surface area contributed by atoms with E-state index in [4.69, 9.17) is 14.9 Å². The van der Waals surface area contributed by atoms with Crippen LogP contribution in [-0.4, -0.2) is 17.3 Å². The molecule has 0 spiro atoms. The summed E-state index contributed by atoms with van der Waals surface area (Å²) in [4.78, 5) is 0. The largest absolute Gasteiger partial charge is 0.497 e. The van der Waals surface area contributed by atoms with Crippen molar-refractivity contribution in [3.8, 4) is 17.2 Å². The molecule has 0 bridgehead atoms. The summed E-state index contributed by atoms with van der Waals surface area (Å²) in [5.41, 5.74) is 6.10. The van der Waals surface area contributed by atoms with E-state index in [1.165, 1.54) is 0 Å². The van der Waals surface area contributed by atoms with Crippen molar-refractivity contribution in [2.75, 3.05) is 12.8 Å². The maximum atomic E-state index is 5.35. The van der Waals surface area contributed by atoms with Gasteiger partial charge >= 0.3 is 6.01 Å². The number of rotatable bonds is 2. The third kappa shape index (κ3) is 1.94. The number of nitrogen functional groups attached to an aromatic ring is 1. The van der Waals surface area contributed by atoms with Crippen LogP contribution in [0.3, 0.4) is 0 Å². The van der Waals surface area contributed by atoms with Gasteiger partial charge in [0.1, 0.15) is 5.75 Å². The number of anilines is 1. The maximum absolute atomic E-state index is 5.35. The predicted molar refractivity (Wildman–Crippen MR) is 58.4 cm³/mol. The minimum absolute atomic E-state index is 0.0414. The molecule has 0 fully saturated rings. The summed E-state index contributed by atoms with van der Waals surface area (Å²) >= 11 is 3.38. The second-order valence-electron chi connectivity index (χ2n) is 2.79. The van der Waals surface area contributed by atoms with Crippen LogP contribution in [0, 0.1) is 0 Å². The van der Waals surface area contributed by atoms with Crippen LogP contribution in [0.4, 0.5) is 6.01 Å². The Morgan fingerprint density at radius 2 is 2.20 bits per heavy atom. The number of hydrogen-bond donors (Lipinski definition) is 1. The molecule has 0 saturated carbocycles. The summed E-state index contributed by atoms with van der Waals surface area (Å²) in [7, 11) is 1.59. The zero-order chi connectivity index (χ0) is 10.8. The van der Waals surface area contributed by atoms with Crippen LogP contribution in [0.15, 0.2) is 27.1 Å². The normalized spacial score (nSPS) is 10.3. The molecule has 0 amide bonds. The van der Waals surface area contributed by atoms with Gasteiger partial charge < -0.3 is 14.9 Å². The molecule has 1 heterocycles. The van der Waals surface area contributed by atoms with Gasteiger partial charge in [-0.25, -0.2) is 0 Å². The van der Waals surface area contributed by atoms with Crippen molar-refractivity contribution in [2.45, 2.75) is 0 Å². The Balaban J connectivity index is 2.51. The molecular formula is C9H8BrN3O2. The first-order valence-electron chi connectivity index (χ1n) is 4.13. The van der Waals surface area contributed by atoms with E-state index in [0.29, 0.717) is 11.6 Å². The van der Waals surface area contributed by atoms with Crippen LogP contribution in [0.2, 0.25) is 0 Å². The lowest BCUT2D eigenvalue weighted by atomic mass is 10.2. The maximum Gasteiger partial charge on any atom is 0.313 e. The van der Waals surface area contributed by atoms with Crippen LogP contribution >= 0.6 is 15.9 Å². The van der Waals surface area contributed by atoms with Gasteiger partial charge in [0.25, 0.3) is 5.89 Å². The Hall–Kier alpha value is -1.56. The van der Waals surface area contributed by atoms with Gasteiger partial charge in [-0.05, 0) is 34.1 Å². The Labute approximate surface area is 94.4 Å². The molecule has 2 N–H and O–H groups in total. The first kappa shape index (κ1) is 9.97. The number of nitrogens with zero attached hydrogens (tertiary/aromatic N) is 2. The molecule has 0 aliphatic rings. The number of benzene rings is 1. The molecule has 78 valence electrons. The highest BCUT2D eigenvalue weighted by Crippen LogP contribution is 2.30. The summed E-state index contributed by atoms with van der Waals surface area (Å²) < 4.78 is 11.1. The summed E-state index contributed by atoms with van der Waals surface area (Å²) in [6, 6.07) is 5.50. The summed E-state index contributed by atoms with van der Waals surface area (Å²) in [5, 5.41) is 7.38. The van der Waals surface area contributed by atoms with Gasteiger partial charge in [0, 0.05) is 4.47 Å². The molecular weight excluding hydrogens is 262 g/mol. The van der Waals surface area contributed by atoms with E-state index in [1.807, 2.05) is 12.1 Å². The standard InChI is InChI=1S/C9H8BrN3O2/c1-14-5-2-3-7(10)6(4-5)8-12-13-9(11)15-8/h2-4H,1H3,(H2,11,13). The van der Waals surface area contributed by atoms with E-state index in [9.17, 15) is 0 Å². The van der Waals surface area contributed by atoms with Crippen molar-refractivity contribution in [1.82, 2.24) is 10.2 Å². The zero-order valence-electron chi connectivity index (χ0n) is 7.90. The second kappa shape index (κ2) is 3.90. The minimum Gasteiger partial charge on any atom is -0.497 e. The van der Waals surface area contributed by atoms with Crippen molar-refractivity contribution in [2.24, 2.45) is 0 Å². The van der Waals surface area contributed by atoms with Crippen LogP contribution in [0.25, 0.3) is 11.5 Å². The Morgan fingerprint density at radius 3 is 2.80 bits per heavy atom. The Kier molecular flexibility index (Phi) is 2.59. The molecule has 1 aromatic carbocycles. The van der Waals surface area contributed by atoms with E-state index in [2.05, 4.69) is 26.1 Å². The van der Waals surface area contributed by atoms with Gasteiger partial charge in [-0.2, -0.15) is 0 Å². The molecule has 0 atom stereocenters. The third-order valence-corrected chi connectivity index (χ3v) is 2.54. The number of aromatic nitrogens is 2. The fourth-order valence-electron chi connectivity index (χ4n) is 1.14. The van der Waals surface area contributed by atoms with Gasteiger partial charge in [0.15, 0.2) is 0 Å². The molecule has 2 rings (SSSR count). The monoisotopic (exact) mass is 269 g/mol. The quantitative estimate of drug-likeness (QED) is 0.904. The van der Waals surface area contributed by atoms with Crippen molar-refractivity contribution in [1.29, 1.82) is 0 Å². The lowest BCUT2D eigenvalue weighted by Crippen LogP contribution is -1.85. The van der Waals surface area contributed by atoms with Gasteiger partial charge in [0.2, 0.25) is 0 Å². The van der Waals surface area contributed by atoms with Gasteiger partial charge in [0.05, 0.1) is 12.7 Å². The van der Waals surface area contributed by atoms with Gasteiger partial charge in [-0.1, -0.05) is 5.10 Å². The van der Waals surface area contributed by atoms with Crippen LogP contribution < -0.4 is 10.5 Å². The second-order valence-corrected chi connectivity index (χ2v) is 3.65. The first-order valence-corrected chi connectivity index (χ1v) is 4.93. The van der Waals surface area contributed by atoms with Crippen molar-refractivity contribution < 1.29 is 9.15 Å². The molecule has 5 nitrogen and oxygen atoms in total. The first-order chi connectivity index (χ1) is 7.20. The lowest BCUT2D eigenvalue weighted by molar-refractivity contribution is 0.414. The molecule has 2 aromatic rings. The molecule has 1 aromatic heterocycles. The van der Waals surface area contributed by atoms with Crippen molar-refractivity contribution in [3.05, 3.63) is 22.7 Å². The molecule has 0 saturated heterocycles. The van der Waals surface area contributed by atoms with E-state index >= 15 is 0 Å². The Bertz CT molecular complexity index is 484. The van der Waals surface area contributed by atoms with Crippen molar-refractivity contribution in [3.63, 3.8) is 0 Å². The fourth-order valence-corrected chi connectivity index (χ4v) is 1.55. The minimum atomic E-state index is 0.0414. The van der Waals surface area contributed by atoms with Crippen molar-refractivity contribution >= 4 is 21.9 Å². The number of ether oxygens (including phenoxy) is 1. The molecule has 15 heavy (non-hydrogen) atoms. The predicted octanol–water partition coefficient (Wildman–Crippen LogP) is 2.09. The van der Waals surface area contributed by atoms with Gasteiger partial charge in [-0.3, -0.25) is 0 Å². The molecule has 0 aliphatic heterocycles. The highest BCUT2D eigenvalue weighted by atomic mass is 79.9. The van der Waals surface area contributed by atoms with E-state index in [1.54, 1.807) is 13.2 Å². The number of hydrogen-bond acceptors (Lipinski definition) is 5. The Morgan fingerprint density at radius 1 is 1.40 bits per heavy atom. The average molecular weight is 270 g/mol. The summed E-state index contributed by atoms with van der Waals surface area (Å²) in [6.07, 6.45) is 0. The van der Waals surface area contributed by atoms with E-state index in [0.717, 1.165) is 10.0 Å². The summed E-state index contributed by atoms with van der Waals surface area (Å²) in [5.74, 6) is 1.07. The summed E-state index contributed by atoms with van der Waals surface area (Å²) in [6.45, 7) is 0. The SMILES string of the molecule is COc1ccc(Br)c(-c2nnc(N)o2)c1. The van der Waals surface area contributed by atoms with Crippen LogP contribution in [-0.2, 0) is 0 Å². The molecule has 0 unspecified atom stereocenters. The zero-order valence-corrected chi connectivity index (χ0v) is 9.48. The average Bonchev–Trinajstić information content (AvgIpc) is 2.65. The smallest absolute Gasteiger partial charge is 0.313 e. The van der Waals surface area contributed by atoms with Crippen LogP contribution in [0.5, 0.6) is 5.75 Å². The lowest BCUT2D eigenvalue weighted by Gasteiger charge is -2.03. The van der Waals surface area contributed by atoms with Crippen LogP contribution in [0.1, 0.15) is 0 Å².